The molecule has 2 amide bonds. The molecule has 49 heavy (non-hydrogen) atoms. The largest absolute Gasteiger partial charge is 0.492 e. The third-order valence-corrected chi connectivity index (χ3v) is 9.89. The molecule has 1 saturated heterocycles. The Morgan fingerprint density at radius 1 is 0.959 bits per heavy atom. The number of carbonyl (C=O) groups is 2. The zero-order valence-corrected chi connectivity index (χ0v) is 27.9. The fraction of sp³-hybridized carbons (Fsp3) is 0.368. The van der Waals surface area contributed by atoms with Crippen LogP contribution in [0.5, 0.6) is 5.75 Å². The Kier molecular flexibility index (Phi) is 7.38. The first-order chi connectivity index (χ1) is 23.5. The summed E-state index contributed by atoms with van der Waals surface area (Å²) < 4.78 is 11.8. The number of alkyl carbamates (subject to hydrolysis) is 1. The van der Waals surface area contributed by atoms with Gasteiger partial charge in [0.1, 0.15) is 28.5 Å². The molecule has 4 N–H and O–H groups in total. The second-order valence-electron chi connectivity index (χ2n) is 14.3. The van der Waals surface area contributed by atoms with E-state index in [1.807, 2.05) is 26.8 Å². The number of hydrogen-bond acceptors (Lipinski definition) is 6. The van der Waals surface area contributed by atoms with E-state index in [4.69, 9.17) is 19.4 Å². The maximum absolute atomic E-state index is 12.7. The van der Waals surface area contributed by atoms with Gasteiger partial charge in [0.25, 0.3) is 0 Å². The molecule has 11 nitrogen and oxygen atoms in total. The molecule has 0 bridgehead atoms. The summed E-state index contributed by atoms with van der Waals surface area (Å²) in [6.45, 7) is 6.63. The van der Waals surface area contributed by atoms with Crippen molar-refractivity contribution in [3.05, 3.63) is 78.0 Å². The summed E-state index contributed by atoms with van der Waals surface area (Å²) >= 11 is 0. The van der Waals surface area contributed by atoms with Crippen LogP contribution in [0.2, 0.25) is 0 Å². The van der Waals surface area contributed by atoms with E-state index in [-0.39, 0.29) is 6.04 Å². The molecular weight excluding hydrogens is 620 g/mol. The molecule has 1 aliphatic carbocycles. The normalized spacial score (nSPS) is 18.2. The van der Waals surface area contributed by atoms with E-state index in [1.165, 1.54) is 4.90 Å². The zero-order valence-electron chi connectivity index (χ0n) is 27.9. The fourth-order valence-corrected chi connectivity index (χ4v) is 7.28. The number of aromatic nitrogens is 4. The standard InChI is InChI=1S/C38H40N6O5/c1-37(2,3)49-35(45)43-38(16-5-17-38)34-41-28-15-19-48-31-21-25(11-13-26(31)32(28)42-34)23-9-7-22(8-10-23)24-12-14-27-29(20-24)40-33(39-27)30-6-4-18-44(30)36(46)47/h7-14,20-21,30H,4-6,15-19H2,1-3H3,(H,39,40)(H,41,42)(H,43,45)(H,46,47). The minimum Gasteiger partial charge on any atom is -0.492 e. The van der Waals surface area contributed by atoms with Crippen LogP contribution in [0.3, 0.4) is 0 Å². The second-order valence-corrected chi connectivity index (χ2v) is 14.3. The van der Waals surface area contributed by atoms with Crippen LogP contribution in [-0.4, -0.2) is 60.9 Å². The van der Waals surface area contributed by atoms with Gasteiger partial charge in [0.05, 0.1) is 35.1 Å². The topological polar surface area (TPSA) is 145 Å². The second kappa shape index (κ2) is 11.7. The molecule has 3 aromatic carbocycles. The number of hydrogen-bond donors (Lipinski definition) is 4. The van der Waals surface area contributed by atoms with Crippen molar-refractivity contribution < 1.29 is 24.2 Å². The molecule has 8 rings (SSSR count). The lowest BCUT2D eigenvalue weighted by Crippen LogP contribution is -2.52. The molecule has 0 radical (unpaired) electrons. The summed E-state index contributed by atoms with van der Waals surface area (Å²) in [5.41, 5.74) is 7.64. The Hall–Kier alpha value is -5.32. The molecule has 252 valence electrons. The lowest BCUT2D eigenvalue weighted by molar-refractivity contribution is 0.0365. The van der Waals surface area contributed by atoms with Crippen LogP contribution >= 0.6 is 0 Å². The molecule has 5 aromatic rings. The third kappa shape index (κ3) is 5.77. The lowest BCUT2D eigenvalue weighted by atomic mass is 9.76. The molecule has 1 saturated carbocycles. The van der Waals surface area contributed by atoms with Gasteiger partial charge in [-0.1, -0.05) is 36.4 Å². The average molecular weight is 661 g/mol. The number of rotatable bonds is 5. The fourth-order valence-electron chi connectivity index (χ4n) is 7.28. The lowest BCUT2D eigenvalue weighted by Gasteiger charge is -2.41. The highest BCUT2D eigenvalue weighted by Gasteiger charge is 2.44. The van der Waals surface area contributed by atoms with Crippen molar-refractivity contribution in [3.63, 3.8) is 0 Å². The van der Waals surface area contributed by atoms with Crippen molar-refractivity contribution in [2.75, 3.05) is 13.2 Å². The highest BCUT2D eigenvalue weighted by Crippen LogP contribution is 2.44. The summed E-state index contributed by atoms with van der Waals surface area (Å²) in [5.74, 6) is 2.27. The molecule has 0 spiro atoms. The average Bonchev–Trinajstić information content (AvgIpc) is 3.78. The van der Waals surface area contributed by atoms with Gasteiger partial charge in [-0.05, 0) is 99.4 Å². The van der Waals surface area contributed by atoms with E-state index in [0.29, 0.717) is 25.4 Å². The molecule has 1 atom stereocenters. The first kappa shape index (κ1) is 31.0. The van der Waals surface area contributed by atoms with Gasteiger partial charge in [-0.15, -0.1) is 0 Å². The van der Waals surface area contributed by atoms with Gasteiger partial charge in [-0.2, -0.15) is 0 Å². The summed E-state index contributed by atoms with van der Waals surface area (Å²) in [6, 6.07) is 20.6. The highest BCUT2D eigenvalue weighted by molar-refractivity contribution is 5.83. The Labute approximate surface area is 284 Å². The van der Waals surface area contributed by atoms with Gasteiger partial charge in [-0.3, -0.25) is 4.90 Å². The van der Waals surface area contributed by atoms with Crippen LogP contribution in [0.25, 0.3) is 44.5 Å². The SMILES string of the molecule is CC(C)(C)OC(=O)NC1(c2nc3c([nH]2)-c2ccc(-c4ccc(-c5ccc6nc(C7CCCN7C(=O)O)[nH]c6c5)cc4)cc2OCC3)CCC1. The summed E-state index contributed by atoms with van der Waals surface area (Å²) in [6.07, 6.45) is 3.55. The maximum Gasteiger partial charge on any atom is 0.408 e. The zero-order chi connectivity index (χ0) is 33.9. The number of nitrogens with zero attached hydrogens (tertiary/aromatic N) is 3. The maximum atomic E-state index is 12.7. The van der Waals surface area contributed by atoms with Crippen molar-refractivity contribution in [1.82, 2.24) is 30.2 Å². The summed E-state index contributed by atoms with van der Waals surface area (Å²) in [4.78, 5) is 42.5. The molecule has 2 fully saturated rings. The van der Waals surface area contributed by atoms with Crippen molar-refractivity contribution in [2.24, 2.45) is 0 Å². The van der Waals surface area contributed by atoms with Crippen LogP contribution < -0.4 is 10.1 Å². The van der Waals surface area contributed by atoms with Crippen molar-refractivity contribution in [2.45, 2.75) is 76.5 Å². The first-order valence-electron chi connectivity index (χ1n) is 17.0. The number of ether oxygens (including phenoxy) is 2. The number of carboxylic acid groups (broad SMARTS) is 1. The first-order valence-corrected chi connectivity index (χ1v) is 17.0. The van der Waals surface area contributed by atoms with Gasteiger partial charge < -0.3 is 29.9 Å². The van der Waals surface area contributed by atoms with Gasteiger partial charge in [0.15, 0.2) is 0 Å². The van der Waals surface area contributed by atoms with E-state index in [2.05, 4.69) is 69.9 Å². The number of fused-ring (bicyclic) bond motifs is 4. The number of carbonyl (C=O) groups excluding carboxylic acids is 1. The highest BCUT2D eigenvalue weighted by atomic mass is 16.6. The van der Waals surface area contributed by atoms with Crippen molar-refractivity contribution in [1.29, 1.82) is 0 Å². The van der Waals surface area contributed by atoms with Gasteiger partial charge in [0, 0.05) is 18.5 Å². The predicted octanol–water partition coefficient (Wildman–Crippen LogP) is 7.94. The van der Waals surface area contributed by atoms with Crippen LogP contribution in [0.15, 0.2) is 60.7 Å². The van der Waals surface area contributed by atoms with Gasteiger partial charge in [0.2, 0.25) is 0 Å². The van der Waals surface area contributed by atoms with E-state index >= 15 is 0 Å². The number of H-pyrrole nitrogens is 2. The third-order valence-electron chi connectivity index (χ3n) is 9.89. The molecule has 11 heteroatoms. The number of nitrogens with one attached hydrogen (secondary N) is 3. The Morgan fingerprint density at radius 3 is 2.37 bits per heavy atom. The Morgan fingerprint density at radius 2 is 1.67 bits per heavy atom. The number of aromatic amines is 2. The summed E-state index contributed by atoms with van der Waals surface area (Å²) in [7, 11) is 0. The quantitative estimate of drug-likeness (QED) is 0.150. The van der Waals surface area contributed by atoms with Gasteiger partial charge in [-0.25, -0.2) is 19.6 Å². The smallest absolute Gasteiger partial charge is 0.408 e. The Balaban J connectivity index is 1.02. The van der Waals surface area contributed by atoms with Crippen LogP contribution in [0.4, 0.5) is 9.59 Å². The van der Waals surface area contributed by atoms with E-state index in [9.17, 15) is 14.7 Å². The summed E-state index contributed by atoms with van der Waals surface area (Å²) in [5, 5.41) is 12.7. The van der Waals surface area contributed by atoms with Crippen LogP contribution in [-0.2, 0) is 16.7 Å². The van der Waals surface area contributed by atoms with E-state index < -0.39 is 23.3 Å². The number of likely N-dealkylation sites (tertiary alicyclic amines) is 1. The van der Waals surface area contributed by atoms with Crippen molar-refractivity contribution in [3.8, 4) is 39.3 Å². The van der Waals surface area contributed by atoms with Crippen molar-refractivity contribution >= 4 is 23.2 Å². The van der Waals surface area contributed by atoms with Gasteiger partial charge >= 0.3 is 12.2 Å². The molecule has 4 heterocycles. The van der Waals surface area contributed by atoms with Crippen LogP contribution in [0.1, 0.15) is 76.3 Å². The predicted molar refractivity (Wildman–Crippen MR) is 185 cm³/mol. The monoisotopic (exact) mass is 660 g/mol. The molecule has 3 aliphatic rings. The molecule has 1 unspecified atom stereocenters. The Bertz CT molecular complexity index is 2070. The van der Waals surface area contributed by atoms with E-state index in [0.717, 1.165) is 93.9 Å². The number of amides is 2. The number of imidazole rings is 2. The number of benzene rings is 3. The minimum absolute atomic E-state index is 0.236. The molecule has 2 aliphatic heterocycles. The molecular formula is C38H40N6O5. The van der Waals surface area contributed by atoms with E-state index in [1.54, 1.807) is 0 Å². The molecule has 2 aromatic heterocycles. The minimum atomic E-state index is -0.906. The van der Waals surface area contributed by atoms with Crippen LogP contribution in [0, 0.1) is 0 Å².